The lowest BCUT2D eigenvalue weighted by Crippen LogP contribution is -2.08. The molecule has 3 nitrogen and oxygen atoms in total. The van der Waals surface area contributed by atoms with Crippen LogP contribution < -0.4 is 5.73 Å². The van der Waals surface area contributed by atoms with Crippen LogP contribution in [0.5, 0.6) is 0 Å². The number of anilines is 1. The molecule has 2 aromatic rings. The number of carbonyl (C=O) groups is 1. The van der Waals surface area contributed by atoms with E-state index in [-0.39, 0.29) is 23.7 Å². The molecule has 0 radical (unpaired) electrons. The molecule has 108 valence electrons. The second-order valence-corrected chi connectivity index (χ2v) is 5.41. The van der Waals surface area contributed by atoms with Gasteiger partial charge < -0.3 is 10.5 Å². The quantitative estimate of drug-likeness (QED) is 0.691. The molecule has 3 rings (SSSR count). The molecule has 3 heteroatoms. The van der Waals surface area contributed by atoms with E-state index in [2.05, 4.69) is 12.1 Å². The predicted molar refractivity (Wildman–Crippen MR) is 82.9 cm³/mol. The van der Waals surface area contributed by atoms with Crippen molar-refractivity contribution >= 4 is 11.7 Å². The molecule has 0 aromatic heterocycles. The topological polar surface area (TPSA) is 52.3 Å². The number of rotatable bonds is 4. The molecule has 1 aliphatic rings. The number of nitrogens with two attached hydrogens (primary N) is 1. The lowest BCUT2D eigenvalue weighted by molar-refractivity contribution is -0.144. The number of hydrogen-bond acceptors (Lipinski definition) is 3. The number of nitrogen functional groups attached to an aromatic ring is 1. The van der Waals surface area contributed by atoms with Crippen LogP contribution in [-0.2, 0) is 9.53 Å². The van der Waals surface area contributed by atoms with Gasteiger partial charge >= 0.3 is 5.97 Å². The van der Waals surface area contributed by atoms with Gasteiger partial charge in [0.25, 0.3) is 0 Å². The average Bonchev–Trinajstić information content (AvgIpc) is 3.25. The summed E-state index contributed by atoms with van der Waals surface area (Å²) in [6.07, 6.45) is 0. The molecule has 3 atom stereocenters. The van der Waals surface area contributed by atoms with Gasteiger partial charge in [0, 0.05) is 17.5 Å². The van der Waals surface area contributed by atoms with Crippen LogP contribution in [0.2, 0.25) is 0 Å². The molecule has 0 aliphatic heterocycles. The highest BCUT2D eigenvalue weighted by molar-refractivity contribution is 5.80. The zero-order chi connectivity index (χ0) is 14.8. The number of ether oxygens (including phenoxy) is 1. The van der Waals surface area contributed by atoms with Crippen LogP contribution in [0.25, 0.3) is 0 Å². The summed E-state index contributed by atoms with van der Waals surface area (Å²) in [7, 11) is 0. The van der Waals surface area contributed by atoms with E-state index >= 15 is 0 Å². The molecule has 2 N–H and O–H groups in total. The minimum absolute atomic E-state index is 0.0871. The monoisotopic (exact) mass is 281 g/mol. The van der Waals surface area contributed by atoms with Crippen molar-refractivity contribution in [1.29, 1.82) is 0 Å². The minimum atomic E-state index is -0.104. The summed E-state index contributed by atoms with van der Waals surface area (Å²) in [6.45, 7) is 2.27. The van der Waals surface area contributed by atoms with E-state index in [1.165, 1.54) is 5.56 Å². The Morgan fingerprint density at radius 3 is 2.14 bits per heavy atom. The van der Waals surface area contributed by atoms with Gasteiger partial charge in [0.15, 0.2) is 0 Å². The third-order valence-electron chi connectivity index (χ3n) is 4.08. The molecule has 1 aliphatic carbocycles. The summed E-state index contributed by atoms with van der Waals surface area (Å²) in [5.74, 6) is 0.199. The SMILES string of the molecule is CCOC(=O)[C@@H]1[C@H](c2ccccc2)[C@H]1c1ccc(N)cc1. The highest BCUT2D eigenvalue weighted by atomic mass is 16.5. The third-order valence-corrected chi connectivity index (χ3v) is 4.08. The summed E-state index contributed by atoms with van der Waals surface area (Å²) in [5, 5.41) is 0. The lowest BCUT2D eigenvalue weighted by atomic mass is 10.0. The van der Waals surface area contributed by atoms with Crippen molar-refractivity contribution in [3.8, 4) is 0 Å². The maximum Gasteiger partial charge on any atom is 0.310 e. The van der Waals surface area contributed by atoms with Crippen LogP contribution >= 0.6 is 0 Å². The molecule has 0 saturated heterocycles. The van der Waals surface area contributed by atoms with Crippen molar-refractivity contribution in [3.05, 3.63) is 65.7 Å². The summed E-state index contributed by atoms with van der Waals surface area (Å²) in [6, 6.07) is 18.0. The van der Waals surface area contributed by atoms with Crippen LogP contribution in [0, 0.1) is 5.92 Å². The van der Waals surface area contributed by atoms with Crippen LogP contribution in [0.4, 0.5) is 5.69 Å². The molecule has 0 unspecified atom stereocenters. The molecular weight excluding hydrogens is 262 g/mol. The third kappa shape index (κ3) is 2.64. The molecule has 0 bridgehead atoms. The van der Waals surface area contributed by atoms with Crippen LogP contribution in [0.15, 0.2) is 54.6 Å². The van der Waals surface area contributed by atoms with E-state index < -0.39 is 0 Å². The standard InChI is InChI=1S/C18H19NO2/c1-2-21-18(20)17-15(12-6-4-3-5-7-12)16(17)13-8-10-14(19)11-9-13/h3-11,15-17H,2,19H2,1H3/t15-,16-,17-/m1/s1. The maximum absolute atomic E-state index is 12.2. The van der Waals surface area contributed by atoms with Gasteiger partial charge in [-0.1, -0.05) is 42.5 Å². The van der Waals surface area contributed by atoms with Gasteiger partial charge in [0.1, 0.15) is 0 Å². The van der Waals surface area contributed by atoms with Gasteiger partial charge in [-0.3, -0.25) is 4.79 Å². The second-order valence-electron chi connectivity index (χ2n) is 5.41. The van der Waals surface area contributed by atoms with Crippen molar-refractivity contribution in [2.24, 2.45) is 5.92 Å². The van der Waals surface area contributed by atoms with E-state index in [1.807, 2.05) is 49.4 Å². The average molecular weight is 281 g/mol. The normalized spacial score (nSPS) is 23.6. The smallest absolute Gasteiger partial charge is 0.310 e. The van der Waals surface area contributed by atoms with Gasteiger partial charge in [-0.2, -0.15) is 0 Å². The van der Waals surface area contributed by atoms with E-state index in [9.17, 15) is 4.79 Å². The molecule has 2 aromatic carbocycles. The zero-order valence-corrected chi connectivity index (χ0v) is 12.0. The first-order chi connectivity index (χ1) is 10.2. The number of carbonyl (C=O) groups excluding carboxylic acids is 1. The second kappa shape index (κ2) is 5.60. The highest BCUT2D eigenvalue weighted by Gasteiger charge is 2.56. The van der Waals surface area contributed by atoms with Gasteiger partial charge in [-0.15, -0.1) is 0 Å². The van der Waals surface area contributed by atoms with E-state index in [1.54, 1.807) is 0 Å². The van der Waals surface area contributed by atoms with Gasteiger partial charge in [0.05, 0.1) is 12.5 Å². The van der Waals surface area contributed by atoms with Crippen molar-refractivity contribution in [2.75, 3.05) is 12.3 Å². The van der Waals surface area contributed by atoms with Crippen LogP contribution in [0.1, 0.15) is 29.9 Å². The molecule has 1 saturated carbocycles. The Labute approximate surface area is 124 Å². The van der Waals surface area contributed by atoms with Crippen LogP contribution in [-0.4, -0.2) is 12.6 Å². The molecule has 1 fully saturated rings. The summed E-state index contributed by atoms with van der Waals surface area (Å²) in [4.78, 5) is 12.2. The largest absolute Gasteiger partial charge is 0.466 e. The van der Waals surface area contributed by atoms with Crippen molar-refractivity contribution in [2.45, 2.75) is 18.8 Å². The Bertz CT molecular complexity index is 621. The Morgan fingerprint density at radius 2 is 1.57 bits per heavy atom. The van der Waals surface area contributed by atoms with E-state index in [0.29, 0.717) is 6.61 Å². The molecule has 0 spiro atoms. The Balaban J connectivity index is 1.89. The fourth-order valence-electron chi connectivity index (χ4n) is 3.07. The number of benzene rings is 2. The van der Waals surface area contributed by atoms with Crippen LogP contribution in [0.3, 0.4) is 0 Å². The summed E-state index contributed by atoms with van der Waals surface area (Å²) < 4.78 is 5.23. The van der Waals surface area contributed by atoms with Gasteiger partial charge in [-0.25, -0.2) is 0 Å². The van der Waals surface area contributed by atoms with E-state index in [4.69, 9.17) is 10.5 Å². The molecular formula is C18H19NO2. The lowest BCUT2D eigenvalue weighted by Gasteiger charge is -2.01. The zero-order valence-electron chi connectivity index (χ0n) is 12.0. The molecule has 0 heterocycles. The Morgan fingerprint density at radius 1 is 1.00 bits per heavy atom. The maximum atomic E-state index is 12.2. The van der Waals surface area contributed by atoms with E-state index in [0.717, 1.165) is 11.3 Å². The van der Waals surface area contributed by atoms with Gasteiger partial charge in [0.2, 0.25) is 0 Å². The first kappa shape index (κ1) is 13.7. The van der Waals surface area contributed by atoms with Crippen molar-refractivity contribution in [3.63, 3.8) is 0 Å². The Hall–Kier alpha value is -2.29. The fraction of sp³-hybridized carbons (Fsp3) is 0.278. The predicted octanol–water partition coefficient (Wildman–Crippen LogP) is 3.33. The first-order valence-electron chi connectivity index (χ1n) is 7.29. The number of esters is 1. The first-order valence-corrected chi connectivity index (χ1v) is 7.29. The number of hydrogen-bond donors (Lipinski definition) is 1. The van der Waals surface area contributed by atoms with Crippen molar-refractivity contribution in [1.82, 2.24) is 0 Å². The van der Waals surface area contributed by atoms with Crippen molar-refractivity contribution < 1.29 is 9.53 Å². The van der Waals surface area contributed by atoms with Gasteiger partial charge in [-0.05, 0) is 30.2 Å². The molecule has 0 amide bonds. The summed E-state index contributed by atoms with van der Waals surface area (Å²) in [5.41, 5.74) is 8.82. The minimum Gasteiger partial charge on any atom is -0.466 e. The summed E-state index contributed by atoms with van der Waals surface area (Å²) >= 11 is 0. The highest BCUT2D eigenvalue weighted by Crippen LogP contribution is 2.60. The fourth-order valence-corrected chi connectivity index (χ4v) is 3.07. The Kier molecular flexibility index (Phi) is 3.65. The molecule has 21 heavy (non-hydrogen) atoms.